The summed E-state index contributed by atoms with van der Waals surface area (Å²) in [6.07, 6.45) is 5.08. The Bertz CT molecular complexity index is 680. The van der Waals surface area contributed by atoms with Gasteiger partial charge in [0.1, 0.15) is 5.82 Å². The summed E-state index contributed by atoms with van der Waals surface area (Å²) in [5.41, 5.74) is 1.36. The summed E-state index contributed by atoms with van der Waals surface area (Å²) in [6.45, 7) is 3.19. The Morgan fingerprint density at radius 1 is 1.33 bits per heavy atom. The number of nitrogens with one attached hydrogen (secondary N) is 1. The van der Waals surface area contributed by atoms with E-state index in [9.17, 15) is 10.1 Å². The van der Waals surface area contributed by atoms with Gasteiger partial charge in [-0.1, -0.05) is 13.3 Å². The van der Waals surface area contributed by atoms with Gasteiger partial charge < -0.3 is 5.32 Å². The van der Waals surface area contributed by atoms with E-state index in [1.54, 1.807) is 12.1 Å². The monoisotopic (exact) mass is 285 g/mol. The van der Waals surface area contributed by atoms with Crippen LogP contribution in [0.15, 0.2) is 30.3 Å². The zero-order chi connectivity index (χ0) is 14.9. The molecule has 0 saturated heterocycles. The topological polar surface area (TPSA) is 68.1 Å². The Kier molecular flexibility index (Phi) is 3.49. The van der Waals surface area contributed by atoms with Crippen LogP contribution >= 0.6 is 0 Å². The van der Waals surface area contributed by atoms with E-state index >= 15 is 0 Å². The molecule has 0 bridgehead atoms. The van der Waals surface area contributed by atoms with Crippen LogP contribution < -0.4 is 5.32 Å². The number of nitro groups is 1. The van der Waals surface area contributed by atoms with Crippen LogP contribution in [0, 0.1) is 15.5 Å². The molecule has 110 valence electrons. The average molecular weight is 285 g/mol. The Morgan fingerprint density at radius 3 is 2.81 bits per heavy atom. The molecule has 0 spiro atoms. The molecule has 1 saturated carbocycles. The zero-order valence-electron chi connectivity index (χ0n) is 12.1. The van der Waals surface area contributed by atoms with Crippen molar-refractivity contribution in [2.75, 3.05) is 11.9 Å². The molecule has 1 fully saturated rings. The number of nitro benzene ring substituents is 1. The normalized spacial score (nSPS) is 15.9. The molecule has 21 heavy (non-hydrogen) atoms. The van der Waals surface area contributed by atoms with Gasteiger partial charge in [-0.3, -0.25) is 10.1 Å². The number of rotatable bonds is 6. The molecule has 0 unspecified atom stereocenters. The van der Waals surface area contributed by atoms with Crippen molar-refractivity contribution in [1.29, 1.82) is 0 Å². The van der Waals surface area contributed by atoms with E-state index in [1.807, 2.05) is 12.1 Å². The molecule has 1 aliphatic rings. The summed E-state index contributed by atoms with van der Waals surface area (Å²) in [5.74, 6) is 0.846. The summed E-state index contributed by atoms with van der Waals surface area (Å²) < 4.78 is 0. The highest BCUT2D eigenvalue weighted by Gasteiger charge is 2.41. The van der Waals surface area contributed by atoms with Gasteiger partial charge in [0, 0.05) is 24.1 Å². The number of anilines is 1. The van der Waals surface area contributed by atoms with Gasteiger partial charge in [-0.25, -0.2) is 4.98 Å². The molecule has 5 heteroatoms. The van der Waals surface area contributed by atoms with Crippen molar-refractivity contribution in [3.63, 3.8) is 0 Å². The van der Waals surface area contributed by atoms with Gasteiger partial charge in [0.2, 0.25) is 0 Å². The van der Waals surface area contributed by atoms with E-state index in [2.05, 4.69) is 17.2 Å². The van der Waals surface area contributed by atoms with Crippen LogP contribution in [0.1, 0.15) is 32.6 Å². The quantitative estimate of drug-likeness (QED) is 0.640. The first-order valence-corrected chi connectivity index (χ1v) is 7.41. The maximum atomic E-state index is 10.8. The number of pyridine rings is 1. The minimum Gasteiger partial charge on any atom is -0.369 e. The molecular weight excluding hydrogens is 266 g/mol. The summed E-state index contributed by atoms with van der Waals surface area (Å²) in [4.78, 5) is 14.9. The summed E-state index contributed by atoms with van der Waals surface area (Å²) in [5, 5.41) is 15.0. The molecule has 1 N–H and O–H groups in total. The van der Waals surface area contributed by atoms with E-state index in [-0.39, 0.29) is 10.6 Å². The van der Waals surface area contributed by atoms with Crippen molar-refractivity contribution in [3.05, 3.63) is 40.4 Å². The van der Waals surface area contributed by atoms with Gasteiger partial charge >= 0.3 is 0 Å². The lowest BCUT2D eigenvalue weighted by Gasteiger charge is -2.15. The molecule has 1 heterocycles. The Hall–Kier alpha value is -2.17. The van der Waals surface area contributed by atoms with Gasteiger partial charge in [0.25, 0.3) is 5.69 Å². The summed E-state index contributed by atoms with van der Waals surface area (Å²) in [6, 6.07) is 8.55. The molecule has 1 aromatic carbocycles. The first-order chi connectivity index (χ1) is 10.1. The van der Waals surface area contributed by atoms with Crippen LogP contribution in [-0.4, -0.2) is 16.5 Å². The second-order valence-corrected chi connectivity index (χ2v) is 5.93. The smallest absolute Gasteiger partial charge is 0.270 e. The summed E-state index contributed by atoms with van der Waals surface area (Å²) >= 11 is 0. The zero-order valence-corrected chi connectivity index (χ0v) is 12.1. The molecule has 1 aromatic heterocycles. The Balaban J connectivity index is 1.75. The third-order valence-electron chi connectivity index (χ3n) is 4.27. The second kappa shape index (κ2) is 5.31. The molecular formula is C16H19N3O2. The van der Waals surface area contributed by atoms with Gasteiger partial charge in [-0.05, 0) is 42.9 Å². The van der Waals surface area contributed by atoms with Crippen LogP contribution in [0.2, 0.25) is 0 Å². The van der Waals surface area contributed by atoms with Gasteiger partial charge in [0.15, 0.2) is 0 Å². The van der Waals surface area contributed by atoms with E-state index < -0.39 is 0 Å². The number of hydrogen-bond acceptors (Lipinski definition) is 4. The minimum atomic E-state index is -0.382. The molecule has 0 aliphatic heterocycles. The van der Waals surface area contributed by atoms with Gasteiger partial charge in [0.05, 0.1) is 10.4 Å². The molecule has 3 rings (SSSR count). The Morgan fingerprint density at radius 2 is 2.14 bits per heavy atom. The number of benzene rings is 1. The standard InChI is InChI=1S/C16H19N3O2/c1-2-7-16(8-9-16)11-17-15-6-3-12-10-13(19(20)21)4-5-14(12)18-15/h3-6,10H,2,7-9,11H2,1H3,(H,17,18). The van der Waals surface area contributed by atoms with Crippen LogP contribution in [0.25, 0.3) is 10.9 Å². The fraction of sp³-hybridized carbons (Fsp3) is 0.438. The number of aromatic nitrogens is 1. The lowest BCUT2D eigenvalue weighted by Crippen LogP contribution is -2.15. The Labute approximate surface area is 123 Å². The van der Waals surface area contributed by atoms with Crippen LogP contribution in [0.3, 0.4) is 0 Å². The first kappa shape index (κ1) is 13.8. The number of hydrogen-bond donors (Lipinski definition) is 1. The average Bonchev–Trinajstić information content (AvgIpc) is 3.25. The number of fused-ring (bicyclic) bond motifs is 1. The highest BCUT2D eigenvalue weighted by atomic mass is 16.6. The maximum Gasteiger partial charge on any atom is 0.270 e. The van der Waals surface area contributed by atoms with Crippen LogP contribution in [0.5, 0.6) is 0 Å². The van der Waals surface area contributed by atoms with Crippen molar-refractivity contribution in [2.24, 2.45) is 5.41 Å². The second-order valence-electron chi connectivity index (χ2n) is 5.93. The predicted molar refractivity (Wildman–Crippen MR) is 83.5 cm³/mol. The fourth-order valence-electron chi connectivity index (χ4n) is 2.83. The van der Waals surface area contributed by atoms with E-state index in [0.717, 1.165) is 23.3 Å². The molecule has 0 amide bonds. The van der Waals surface area contributed by atoms with Crippen molar-refractivity contribution in [3.8, 4) is 0 Å². The van der Waals surface area contributed by atoms with Crippen molar-refractivity contribution in [2.45, 2.75) is 32.6 Å². The fourth-order valence-corrected chi connectivity index (χ4v) is 2.83. The predicted octanol–water partition coefficient (Wildman–Crippen LogP) is 4.14. The van der Waals surface area contributed by atoms with E-state index in [0.29, 0.717) is 5.41 Å². The highest BCUT2D eigenvalue weighted by molar-refractivity contribution is 5.82. The van der Waals surface area contributed by atoms with Crippen LogP contribution in [-0.2, 0) is 0 Å². The third-order valence-corrected chi connectivity index (χ3v) is 4.27. The molecule has 5 nitrogen and oxygen atoms in total. The highest BCUT2D eigenvalue weighted by Crippen LogP contribution is 2.49. The SMILES string of the molecule is CCCC1(CNc2ccc3cc([N+](=O)[O-])ccc3n2)CC1. The minimum absolute atomic E-state index is 0.102. The molecule has 2 aromatic rings. The van der Waals surface area contributed by atoms with Gasteiger partial charge in [-0.2, -0.15) is 0 Å². The lowest BCUT2D eigenvalue weighted by molar-refractivity contribution is -0.384. The van der Waals surface area contributed by atoms with Crippen LogP contribution in [0.4, 0.5) is 11.5 Å². The van der Waals surface area contributed by atoms with E-state index in [4.69, 9.17) is 0 Å². The maximum absolute atomic E-state index is 10.8. The summed E-state index contributed by atoms with van der Waals surface area (Å²) in [7, 11) is 0. The lowest BCUT2D eigenvalue weighted by atomic mass is 10.0. The van der Waals surface area contributed by atoms with Crippen molar-refractivity contribution >= 4 is 22.4 Å². The third kappa shape index (κ3) is 2.96. The van der Waals surface area contributed by atoms with Crippen molar-refractivity contribution < 1.29 is 4.92 Å². The molecule has 0 radical (unpaired) electrons. The van der Waals surface area contributed by atoms with E-state index in [1.165, 1.54) is 31.7 Å². The molecule has 1 aliphatic carbocycles. The largest absolute Gasteiger partial charge is 0.369 e. The number of nitrogens with zero attached hydrogens (tertiary/aromatic N) is 2. The molecule has 0 atom stereocenters. The first-order valence-electron chi connectivity index (χ1n) is 7.41. The van der Waals surface area contributed by atoms with Crippen molar-refractivity contribution in [1.82, 2.24) is 4.98 Å². The number of non-ortho nitro benzene ring substituents is 1. The van der Waals surface area contributed by atoms with Gasteiger partial charge in [-0.15, -0.1) is 0 Å².